The molecule has 6 nitrogen and oxygen atoms in total. The van der Waals surface area contributed by atoms with Gasteiger partial charge in [-0.3, -0.25) is 9.48 Å². The Morgan fingerprint density at radius 1 is 1.25 bits per heavy atom. The smallest absolute Gasteiger partial charge is 0.321 e. The van der Waals surface area contributed by atoms with Gasteiger partial charge >= 0.3 is 6.18 Å². The molecular weight excluding hydrogens is 371 g/mol. The fourth-order valence-corrected chi connectivity index (χ4v) is 2.91. The van der Waals surface area contributed by atoms with Crippen LogP contribution >= 0.6 is 11.6 Å². The molecule has 24 heavy (non-hydrogen) atoms. The largest absolute Gasteiger partial charge is 0.434 e. The molecule has 1 aromatic carbocycles. The van der Waals surface area contributed by atoms with E-state index in [1.807, 2.05) is 0 Å². The van der Waals surface area contributed by atoms with E-state index in [0.717, 1.165) is 13.3 Å². The van der Waals surface area contributed by atoms with Crippen molar-refractivity contribution in [2.24, 2.45) is 7.05 Å². The molecule has 1 aromatic heterocycles. The van der Waals surface area contributed by atoms with Crippen molar-refractivity contribution in [1.82, 2.24) is 9.78 Å². The van der Waals surface area contributed by atoms with E-state index in [1.165, 1.54) is 24.3 Å². The molecule has 0 fully saturated rings. The normalized spacial score (nSPS) is 12.2. The summed E-state index contributed by atoms with van der Waals surface area (Å²) in [6, 6.07) is 5.11. The van der Waals surface area contributed by atoms with Gasteiger partial charge in [-0.1, -0.05) is 11.6 Å². The van der Waals surface area contributed by atoms with Gasteiger partial charge in [0.25, 0.3) is 5.91 Å². The molecular formula is C13H11ClF3N3O3S. The molecule has 0 aliphatic carbocycles. The lowest BCUT2D eigenvalue weighted by molar-refractivity contribution is -0.143. The summed E-state index contributed by atoms with van der Waals surface area (Å²) >= 11 is 5.62. The van der Waals surface area contributed by atoms with Gasteiger partial charge in [-0.15, -0.1) is 0 Å². The molecule has 1 N–H and O–H groups in total. The fraction of sp³-hybridized carbons (Fsp3) is 0.231. The van der Waals surface area contributed by atoms with Crippen LogP contribution in [0.15, 0.2) is 29.2 Å². The van der Waals surface area contributed by atoms with Gasteiger partial charge in [0.15, 0.2) is 21.2 Å². The zero-order chi connectivity index (χ0) is 18.3. The predicted molar refractivity (Wildman–Crippen MR) is 80.7 cm³/mol. The van der Waals surface area contributed by atoms with E-state index in [4.69, 9.17) is 11.6 Å². The number of carbonyl (C=O) groups excluding carboxylic acids is 1. The summed E-state index contributed by atoms with van der Waals surface area (Å²) in [5, 5.41) is 4.98. The standard InChI is InChI=1S/C13H11ClF3N3O3S/c1-20-11(13(15,16)17)9(14)10(19-20)12(21)18-7-3-5-8(6-4-7)24(2,22)23/h3-6H,1-2H3,(H,18,21). The lowest BCUT2D eigenvalue weighted by Crippen LogP contribution is -2.13. The number of anilines is 1. The molecule has 2 rings (SSSR count). The zero-order valence-corrected chi connectivity index (χ0v) is 13.9. The number of nitrogens with one attached hydrogen (secondary N) is 1. The maximum atomic E-state index is 12.8. The van der Waals surface area contributed by atoms with Gasteiger partial charge in [-0.05, 0) is 24.3 Å². The topological polar surface area (TPSA) is 81.1 Å². The van der Waals surface area contributed by atoms with Gasteiger partial charge in [0.05, 0.1) is 4.90 Å². The van der Waals surface area contributed by atoms with E-state index in [1.54, 1.807) is 0 Å². The molecule has 2 aromatic rings. The molecule has 0 aliphatic rings. The summed E-state index contributed by atoms with van der Waals surface area (Å²) in [6.45, 7) is 0. The molecule has 0 bridgehead atoms. The van der Waals surface area contributed by atoms with Crippen molar-refractivity contribution in [3.8, 4) is 0 Å². The van der Waals surface area contributed by atoms with Crippen LogP contribution in [-0.2, 0) is 23.1 Å². The average Bonchev–Trinajstić information content (AvgIpc) is 2.73. The van der Waals surface area contributed by atoms with Gasteiger partial charge in [0.1, 0.15) is 5.02 Å². The molecule has 1 amide bonds. The van der Waals surface area contributed by atoms with E-state index in [9.17, 15) is 26.4 Å². The zero-order valence-electron chi connectivity index (χ0n) is 12.3. The number of carbonyl (C=O) groups is 1. The summed E-state index contributed by atoms with van der Waals surface area (Å²) in [5.74, 6) is -0.946. The van der Waals surface area contributed by atoms with Gasteiger partial charge in [-0.25, -0.2) is 8.42 Å². The van der Waals surface area contributed by atoms with E-state index < -0.39 is 38.3 Å². The van der Waals surface area contributed by atoms with E-state index in [2.05, 4.69) is 10.4 Å². The number of nitrogens with zero attached hydrogens (tertiary/aromatic N) is 2. The van der Waals surface area contributed by atoms with Gasteiger partial charge in [0, 0.05) is 19.0 Å². The lowest BCUT2D eigenvalue weighted by atomic mass is 10.3. The Morgan fingerprint density at radius 2 is 1.79 bits per heavy atom. The molecule has 130 valence electrons. The minimum atomic E-state index is -4.76. The van der Waals surface area contributed by atoms with Crippen molar-refractivity contribution < 1.29 is 26.4 Å². The maximum Gasteiger partial charge on any atom is 0.434 e. The Balaban J connectivity index is 2.28. The van der Waals surface area contributed by atoms with Crippen LogP contribution in [0.3, 0.4) is 0 Å². The van der Waals surface area contributed by atoms with Gasteiger partial charge in [0.2, 0.25) is 0 Å². The summed E-state index contributed by atoms with van der Waals surface area (Å²) in [4.78, 5) is 12.1. The number of rotatable bonds is 3. The van der Waals surface area contributed by atoms with Crippen molar-refractivity contribution in [3.05, 3.63) is 40.7 Å². The number of aryl methyl sites for hydroxylation is 1. The number of hydrogen-bond donors (Lipinski definition) is 1. The molecule has 11 heteroatoms. The minimum absolute atomic E-state index is 0.0377. The minimum Gasteiger partial charge on any atom is -0.321 e. The van der Waals surface area contributed by atoms with Crippen molar-refractivity contribution in [1.29, 1.82) is 0 Å². The molecule has 0 radical (unpaired) electrons. The van der Waals surface area contributed by atoms with Crippen LogP contribution in [0.2, 0.25) is 5.02 Å². The number of hydrogen-bond acceptors (Lipinski definition) is 4. The quantitative estimate of drug-likeness (QED) is 0.886. The SMILES string of the molecule is Cn1nc(C(=O)Nc2ccc(S(C)(=O)=O)cc2)c(Cl)c1C(F)(F)F. The molecule has 0 saturated heterocycles. The average molecular weight is 382 g/mol. The Kier molecular flexibility index (Phi) is 4.64. The van der Waals surface area contributed by atoms with E-state index in [-0.39, 0.29) is 10.6 Å². The van der Waals surface area contributed by atoms with E-state index >= 15 is 0 Å². The number of benzene rings is 1. The van der Waals surface area contributed by atoms with Crippen molar-refractivity contribution >= 4 is 33.0 Å². The summed E-state index contributed by atoms with van der Waals surface area (Å²) in [5.41, 5.74) is -1.64. The van der Waals surface area contributed by atoms with E-state index in [0.29, 0.717) is 4.68 Å². The monoisotopic (exact) mass is 381 g/mol. The first kappa shape index (κ1) is 18.3. The Bertz CT molecular complexity index is 890. The number of alkyl halides is 3. The number of halogens is 4. The van der Waals surface area contributed by atoms with Crippen LogP contribution in [0.1, 0.15) is 16.2 Å². The summed E-state index contributed by atoms with van der Waals surface area (Å²) in [6.07, 6.45) is -3.73. The van der Waals surface area contributed by atoms with Crippen molar-refractivity contribution in [2.45, 2.75) is 11.1 Å². The molecule has 0 atom stereocenters. The van der Waals surface area contributed by atoms with Crippen LogP contribution in [-0.4, -0.2) is 30.4 Å². The first-order valence-electron chi connectivity index (χ1n) is 6.32. The number of aromatic nitrogens is 2. The Morgan fingerprint density at radius 3 is 2.21 bits per heavy atom. The highest BCUT2D eigenvalue weighted by atomic mass is 35.5. The highest BCUT2D eigenvalue weighted by molar-refractivity contribution is 7.90. The fourth-order valence-electron chi connectivity index (χ4n) is 1.93. The van der Waals surface area contributed by atoms with Crippen LogP contribution in [0, 0.1) is 0 Å². The number of sulfone groups is 1. The van der Waals surface area contributed by atoms with Gasteiger partial charge < -0.3 is 5.32 Å². The predicted octanol–water partition coefficient (Wildman–Crippen LogP) is 2.75. The van der Waals surface area contributed by atoms with Crippen LogP contribution in [0.4, 0.5) is 18.9 Å². The molecule has 0 aliphatic heterocycles. The number of amides is 1. The molecule has 1 heterocycles. The summed E-state index contributed by atoms with van der Waals surface area (Å²) in [7, 11) is -2.38. The second-order valence-electron chi connectivity index (χ2n) is 4.88. The highest BCUT2D eigenvalue weighted by Crippen LogP contribution is 2.36. The maximum absolute atomic E-state index is 12.8. The lowest BCUT2D eigenvalue weighted by Gasteiger charge is -2.06. The third kappa shape index (κ3) is 3.70. The Hall–Kier alpha value is -2.07. The highest BCUT2D eigenvalue weighted by Gasteiger charge is 2.40. The third-order valence-corrected chi connectivity index (χ3v) is 4.50. The van der Waals surface area contributed by atoms with Crippen LogP contribution < -0.4 is 5.32 Å². The van der Waals surface area contributed by atoms with Crippen LogP contribution in [0.5, 0.6) is 0 Å². The first-order chi connectivity index (χ1) is 10.9. The van der Waals surface area contributed by atoms with Crippen molar-refractivity contribution in [3.63, 3.8) is 0 Å². The van der Waals surface area contributed by atoms with Gasteiger partial charge in [-0.2, -0.15) is 18.3 Å². The molecule has 0 saturated carbocycles. The second-order valence-corrected chi connectivity index (χ2v) is 7.28. The molecule has 0 unspecified atom stereocenters. The molecule has 0 spiro atoms. The summed E-state index contributed by atoms with van der Waals surface area (Å²) < 4.78 is 61.7. The third-order valence-electron chi connectivity index (χ3n) is 3.01. The first-order valence-corrected chi connectivity index (χ1v) is 8.59. The van der Waals surface area contributed by atoms with Crippen molar-refractivity contribution in [2.75, 3.05) is 11.6 Å². The second kappa shape index (κ2) is 6.10. The van der Waals surface area contributed by atoms with Crippen LogP contribution in [0.25, 0.3) is 0 Å². The Labute approximate surface area is 140 Å².